The molecular weight excluding hydrogens is 333 g/mol. The molecule has 1 atom stereocenters. The number of benzene rings is 1. The van der Waals surface area contributed by atoms with Gasteiger partial charge in [-0.1, -0.05) is 0 Å². The predicted octanol–water partition coefficient (Wildman–Crippen LogP) is 2.90. The Morgan fingerprint density at radius 2 is 2.12 bits per heavy atom. The topological polar surface area (TPSA) is 70.0 Å². The van der Waals surface area contributed by atoms with E-state index in [4.69, 9.17) is 18.9 Å². The van der Waals surface area contributed by atoms with E-state index >= 15 is 0 Å². The molecule has 0 spiro atoms. The van der Waals surface area contributed by atoms with E-state index in [1.54, 1.807) is 13.3 Å². The maximum Gasteiger partial charge on any atom is 0.454 e. The molecule has 2 aliphatic heterocycles. The number of ether oxygens (including phenoxy) is 3. The van der Waals surface area contributed by atoms with Crippen molar-refractivity contribution in [3.8, 4) is 28.4 Å². The van der Waals surface area contributed by atoms with Crippen LogP contribution < -0.4 is 14.2 Å². The van der Waals surface area contributed by atoms with Crippen LogP contribution in [0.2, 0.25) is 6.32 Å². The van der Waals surface area contributed by atoms with Gasteiger partial charge in [-0.3, -0.25) is 4.98 Å². The predicted molar refractivity (Wildman–Crippen MR) is 97.9 cm³/mol. The van der Waals surface area contributed by atoms with Gasteiger partial charge in [-0.05, 0) is 43.9 Å². The van der Waals surface area contributed by atoms with Crippen molar-refractivity contribution in [1.29, 1.82) is 0 Å². The summed E-state index contributed by atoms with van der Waals surface area (Å²) in [6.45, 7) is 4.92. The van der Waals surface area contributed by atoms with Crippen molar-refractivity contribution in [2.45, 2.75) is 31.7 Å². The molecule has 7 heteroatoms. The highest BCUT2D eigenvalue weighted by Crippen LogP contribution is 2.48. The molecule has 2 aliphatic rings. The standard InChI is InChI=1S/C19H22BNO5/c1-19(2)11-24-17-15(4-5-16(23-3)18(17)26-19)13-6-12(8-21-9-13)14-7-20(22)25-10-14/h4-6,8-9,14,22H,7,10-11H2,1-3H3. The highest BCUT2D eigenvalue weighted by atomic mass is 16.6. The van der Waals surface area contributed by atoms with Gasteiger partial charge in [0, 0.05) is 36.0 Å². The van der Waals surface area contributed by atoms with Gasteiger partial charge in [-0.2, -0.15) is 0 Å². The molecule has 0 saturated carbocycles. The van der Waals surface area contributed by atoms with E-state index in [0.29, 0.717) is 36.8 Å². The van der Waals surface area contributed by atoms with Gasteiger partial charge in [0.1, 0.15) is 12.2 Å². The second-order valence-electron chi connectivity index (χ2n) is 7.35. The molecule has 136 valence electrons. The van der Waals surface area contributed by atoms with Gasteiger partial charge < -0.3 is 23.9 Å². The van der Waals surface area contributed by atoms with Crippen LogP contribution in [0.4, 0.5) is 0 Å². The van der Waals surface area contributed by atoms with Gasteiger partial charge in [-0.15, -0.1) is 0 Å². The van der Waals surface area contributed by atoms with Crippen molar-refractivity contribution in [2.75, 3.05) is 20.3 Å². The molecule has 1 saturated heterocycles. The summed E-state index contributed by atoms with van der Waals surface area (Å²) in [4.78, 5) is 4.39. The first kappa shape index (κ1) is 17.2. The second kappa shape index (κ2) is 6.48. The van der Waals surface area contributed by atoms with Crippen molar-refractivity contribution in [3.63, 3.8) is 0 Å². The van der Waals surface area contributed by atoms with Crippen molar-refractivity contribution in [3.05, 3.63) is 36.2 Å². The third-order valence-electron chi connectivity index (χ3n) is 4.76. The molecule has 4 rings (SSSR count). The number of fused-ring (bicyclic) bond motifs is 1. The fraction of sp³-hybridized carbons (Fsp3) is 0.421. The molecule has 0 radical (unpaired) electrons. The van der Waals surface area contributed by atoms with Crippen LogP contribution in [0.3, 0.4) is 0 Å². The van der Waals surface area contributed by atoms with Gasteiger partial charge >= 0.3 is 7.12 Å². The molecule has 0 bridgehead atoms. The maximum absolute atomic E-state index is 9.62. The average molecular weight is 355 g/mol. The minimum Gasteiger partial charge on any atom is -0.493 e. The van der Waals surface area contributed by atoms with E-state index in [1.807, 2.05) is 32.2 Å². The van der Waals surface area contributed by atoms with Crippen molar-refractivity contribution in [2.24, 2.45) is 0 Å². The average Bonchev–Trinajstić information content (AvgIpc) is 3.06. The van der Waals surface area contributed by atoms with Crippen LogP contribution in [0, 0.1) is 0 Å². The largest absolute Gasteiger partial charge is 0.493 e. The van der Waals surface area contributed by atoms with Crippen LogP contribution in [0.15, 0.2) is 30.6 Å². The molecule has 0 aliphatic carbocycles. The number of nitrogens with zero attached hydrogens (tertiary/aromatic N) is 1. The molecule has 26 heavy (non-hydrogen) atoms. The fourth-order valence-electron chi connectivity index (χ4n) is 3.39. The van der Waals surface area contributed by atoms with Gasteiger partial charge in [0.15, 0.2) is 11.5 Å². The van der Waals surface area contributed by atoms with Crippen molar-refractivity contribution in [1.82, 2.24) is 4.98 Å². The minimum atomic E-state index is -0.698. The molecule has 3 heterocycles. The molecule has 1 aromatic carbocycles. The molecule has 2 aromatic rings. The zero-order valence-electron chi connectivity index (χ0n) is 15.2. The quantitative estimate of drug-likeness (QED) is 0.854. The summed E-state index contributed by atoms with van der Waals surface area (Å²) in [5.74, 6) is 2.08. The monoisotopic (exact) mass is 355 g/mol. The summed E-state index contributed by atoms with van der Waals surface area (Å²) >= 11 is 0. The second-order valence-corrected chi connectivity index (χ2v) is 7.35. The molecule has 6 nitrogen and oxygen atoms in total. The number of hydrogen-bond donors (Lipinski definition) is 1. The number of pyridine rings is 1. The Labute approximate surface area is 153 Å². The Kier molecular flexibility index (Phi) is 4.29. The summed E-state index contributed by atoms with van der Waals surface area (Å²) in [6, 6.07) is 5.92. The van der Waals surface area contributed by atoms with E-state index in [9.17, 15) is 5.02 Å². The Hall–Kier alpha value is -2.25. The first-order chi connectivity index (χ1) is 12.5. The number of rotatable bonds is 3. The summed E-state index contributed by atoms with van der Waals surface area (Å²) in [6.07, 6.45) is 4.21. The van der Waals surface area contributed by atoms with Gasteiger partial charge in [-0.25, -0.2) is 0 Å². The lowest BCUT2D eigenvalue weighted by atomic mass is 9.79. The van der Waals surface area contributed by atoms with Gasteiger partial charge in [0.2, 0.25) is 5.75 Å². The van der Waals surface area contributed by atoms with Gasteiger partial charge in [0.25, 0.3) is 0 Å². The lowest BCUT2D eigenvalue weighted by Crippen LogP contribution is -2.39. The van der Waals surface area contributed by atoms with Crippen molar-refractivity contribution >= 4 is 7.12 Å². The SMILES string of the molecule is COc1ccc(-c2cncc(C3COB(O)C3)c2)c2c1OC(C)(C)CO2. The molecule has 1 aromatic heterocycles. The van der Waals surface area contributed by atoms with Crippen LogP contribution in [-0.4, -0.2) is 43.1 Å². The first-order valence-electron chi connectivity index (χ1n) is 8.74. The van der Waals surface area contributed by atoms with Crippen LogP contribution >= 0.6 is 0 Å². The van der Waals surface area contributed by atoms with Crippen LogP contribution in [0.5, 0.6) is 17.2 Å². The third-order valence-corrected chi connectivity index (χ3v) is 4.76. The molecule has 1 unspecified atom stereocenters. The Balaban J connectivity index is 1.75. The highest BCUT2D eigenvalue weighted by Gasteiger charge is 2.33. The lowest BCUT2D eigenvalue weighted by molar-refractivity contribution is 0.0190. The maximum atomic E-state index is 9.62. The zero-order valence-corrected chi connectivity index (χ0v) is 15.2. The lowest BCUT2D eigenvalue weighted by Gasteiger charge is -2.34. The van der Waals surface area contributed by atoms with E-state index in [1.165, 1.54) is 0 Å². The Morgan fingerprint density at radius 1 is 1.27 bits per heavy atom. The Morgan fingerprint density at radius 3 is 2.85 bits per heavy atom. The zero-order chi connectivity index (χ0) is 18.3. The summed E-state index contributed by atoms with van der Waals surface area (Å²) in [7, 11) is 0.921. The highest BCUT2D eigenvalue weighted by molar-refractivity contribution is 6.43. The Bertz CT molecular complexity index is 826. The van der Waals surface area contributed by atoms with E-state index in [2.05, 4.69) is 11.1 Å². The summed E-state index contributed by atoms with van der Waals surface area (Å²) < 4.78 is 22.9. The van der Waals surface area contributed by atoms with E-state index in [0.717, 1.165) is 16.7 Å². The molecular formula is C19H22BNO5. The first-order valence-corrected chi connectivity index (χ1v) is 8.74. The summed E-state index contributed by atoms with van der Waals surface area (Å²) in [5, 5.41) is 9.62. The fourth-order valence-corrected chi connectivity index (χ4v) is 3.39. The number of hydrogen-bond acceptors (Lipinski definition) is 6. The molecule has 1 fully saturated rings. The van der Waals surface area contributed by atoms with E-state index in [-0.39, 0.29) is 5.92 Å². The van der Waals surface area contributed by atoms with Crippen LogP contribution in [-0.2, 0) is 4.65 Å². The van der Waals surface area contributed by atoms with Crippen LogP contribution in [0.25, 0.3) is 11.1 Å². The van der Waals surface area contributed by atoms with Crippen LogP contribution in [0.1, 0.15) is 25.3 Å². The minimum absolute atomic E-state index is 0.141. The smallest absolute Gasteiger partial charge is 0.454 e. The van der Waals surface area contributed by atoms with E-state index < -0.39 is 12.7 Å². The van der Waals surface area contributed by atoms with Crippen molar-refractivity contribution < 1.29 is 23.9 Å². The normalized spacial score (nSPS) is 20.9. The number of aromatic nitrogens is 1. The van der Waals surface area contributed by atoms with Gasteiger partial charge in [0.05, 0.1) is 7.11 Å². The molecule has 0 amide bonds. The number of methoxy groups -OCH3 is 1. The summed E-state index contributed by atoms with van der Waals surface area (Å²) in [5.41, 5.74) is 2.47. The third kappa shape index (κ3) is 3.13. The molecule has 1 N–H and O–H groups in total.